The van der Waals surface area contributed by atoms with E-state index in [1.165, 1.54) is 0 Å². The highest BCUT2D eigenvalue weighted by Gasteiger charge is 1.74. The largest absolute Gasteiger partial charge is 0.101 e. The summed E-state index contributed by atoms with van der Waals surface area (Å²) >= 11 is 0. The van der Waals surface area contributed by atoms with Crippen molar-refractivity contribution in [2.75, 3.05) is 6.54 Å². The molecule has 0 atom stereocenters. The van der Waals surface area contributed by atoms with Gasteiger partial charge in [0.15, 0.2) is 0 Å². The van der Waals surface area contributed by atoms with Crippen LogP contribution < -0.4 is 0 Å². The van der Waals surface area contributed by atoms with Crippen molar-refractivity contribution in [1.82, 2.24) is 0 Å². The first-order valence-electron chi connectivity index (χ1n) is 2.42. The van der Waals surface area contributed by atoms with Crippen molar-refractivity contribution in [3.63, 3.8) is 0 Å². The van der Waals surface area contributed by atoms with Gasteiger partial charge in [-0.1, -0.05) is 17.9 Å². The quantitative estimate of drug-likeness (QED) is 0.164. The second kappa shape index (κ2) is 5.37. The molecule has 0 aliphatic carbocycles. The standard InChI is InChI=1S/C3H8BN3/c4-2-1-3-6-7-5/h1-4H2. The average molecular weight is 96.9 g/mol. The zero-order valence-electron chi connectivity index (χ0n) is 4.46. The van der Waals surface area contributed by atoms with E-state index < -0.39 is 0 Å². The zero-order valence-corrected chi connectivity index (χ0v) is 4.46. The van der Waals surface area contributed by atoms with Gasteiger partial charge in [0.05, 0.1) is 0 Å². The van der Waals surface area contributed by atoms with Crippen molar-refractivity contribution in [3.8, 4) is 0 Å². The lowest BCUT2D eigenvalue weighted by molar-refractivity contribution is 0.919. The van der Waals surface area contributed by atoms with Crippen LogP contribution in [-0.2, 0) is 0 Å². The van der Waals surface area contributed by atoms with Gasteiger partial charge in [0.25, 0.3) is 0 Å². The third-order valence-corrected chi connectivity index (χ3v) is 0.675. The third-order valence-electron chi connectivity index (χ3n) is 0.675. The molecule has 0 radical (unpaired) electrons. The Kier molecular flexibility index (Phi) is 4.89. The molecule has 7 heavy (non-hydrogen) atoms. The SMILES string of the molecule is BCCCN=[N+]=[N-]. The Labute approximate surface area is 43.8 Å². The van der Waals surface area contributed by atoms with Gasteiger partial charge in [0, 0.05) is 11.5 Å². The molecule has 4 heteroatoms. The molecule has 38 valence electrons. The van der Waals surface area contributed by atoms with Crippen LogP contribution >= 0.6 is 0 Å². The van der Waals surface area contributed by atoms with Crippen LogP contribution in [0.3, 0.4) is 0 Å². The molecule has 0 aliphatic heterocycles. The Hall–Kier alpha value is -0.625. The van der Waals surface area contributed by atoms with E-state index >= 15 is 0 Å². The maximum atomic E-state index is 7.75. The fraction of sp³-hybridized carbons (Fsp3) is 1.00. The molecule has 0 amide bonds. The summed E-state index contributed by atoms with van der Waals surface area (Å²) in [7, 11) is 2.06. The van der Waals surface area contributed by atoms with Gasteiger partial charge in [0.1, 0.15) is 7.85 Å². The molecule has 0 saturated carbocycles. The van der Waals surface area contributed by atoms with E-state index in [-0.39, 0.29) is 0 Å². The molecule has 0 heterocycles. The van der Waals surface area contributed by atoms with Crippen LogP contribution in [0.25, 0.3) is 10.4 Å². The Bertz CT molecular complexity index is 76.2. The number of nitrogens with zero attached hydrogens (tertiary/aromatic N) is 3. The molecule has 0 unspecified atom stereocenters. The second-order valence-electron chi connectivity index (χ2n) is 1.31. The summed E-state index contributed by atoms with van der Waals surface area (Å²) in [6.07, 6.45) is 2.10. The summed E-state index contributed by atoms with van der Waals surface area (Å²) in [5.41, 5.74) is 7.75. The van der Waals surface area contributed by atoms with Crippen molar-refractivity contribution in [3.05, 3.63) is 10.4 Å². The van der Waals surface area contributed by atoms with Crippen molar-refractivity contribution >= 4 is 7.85 Å². The maximum absolute atomic E-state index is 7.75. The van der Waals surface area contributed by atoms with Gasteiger partial charge in [-0.25, -0.2) is 0 Å². The van der Waals surface area contributed by atoms with Crippen LogP contribution in [0.2, 0.25) is 6.32 Å². The van der Waals surface area contributed by atoms with E-state index in [1.807, 2.05) is 0 Å². The third kappa shape index (κ3) is 5.37. The highest BCUT2D eigenvalue weighted by atomic mass is 15.1. The maximum Gasteiger partial charge on any atom is 0.101 e. The molecule has 3 nitrogen and oxygen atoms in total. The summed E-state index contributed by atoms with van der Waals surface area (Å²) in [6.45, 7) is 0.646. The van der Waals surface area contributed by atoms with Gasteiger partial charge in [-0.3, -0.25) is 0 Å². The number of azide groups is 1. The zero-order chi connectivity index (χ0) is 5.54. The minimum absolute atomic E-state index is 0.646. The fourth-order valence-corrected chi connectivity index (χ4v) is 0.274. The van der Waals surface area contributed by atoms with Crippen molar-refractivity contribution in [1.29, 1.82) is 0 Å². The summed E-state index contributed by atoms with van der Waals surface area (Å²) in [5.74, 6) is 0. The number of rotatable bonds is 3. The predicted molar refractivity (Wildman–Crippen MR) is 32.0 cm³/mol. The summed E-state index contributed by atoms with van der Waals surface area (Å²) < 4.78 is 0. The fourth-order valence-electron chi connectivity index (χ4n) is 0.274. The van der Waals surface area contributed by atoms with Gasteiger partial charge in [-0.2, -0.15) is 0 Å². The molecule has 0 aromatic rings. The summed E-state index contributed by atoms with van der Waals surface area (Å²) in [5, 5.41) is 3.34. The molecule has 0 spiro atoms. The van der Waals surface area contributed by atoms with Gasteiger partial charge in [0.2, 0.25) is 0 Å². The second-order valence-corrected chi connectivity index (χ2v) is 1.31. The first kappa shape index (κ1) is 6.37. The molecule has 0 aliphatic rings. The molecule has 0 fully saturated rings. The lowest BCUT2D eigenvalue weighted by atomic mass is 10.0. The molecule has 0 saturated heterocycles. The van der Waals surface area contributed by atoms with E-state index in [2.05, 4.69) is 17.9 Å². The average Bonchev–Trinajstić information content (AvgIpc) is 1.69. The topological polar surface area (TPSA) is 48.8 Å². The van der Waals surface area contributed by atoms with Crippen molar-refractivity contribution in [2.24, 2.45) is 5.11 Å². The molecule has 0 aromatic carbocycles. The van der Waals surface area contributed by atoms with Gasteiger partial charge < -0.3 is 0 Å². The Morgan fingerprint density at radius 3 is 2.86 bits per heavy atom. The van der Waals surface area contributed by atoms with Crippen molar-refractivity contribution < 1.29 is 0 Å². The summed E-state index contributed by atoms with van der Waals surface area (Å²) in [6, 6.07) is 0. The lowest BCUT2D eigenvalue weighted by Gasteiger charge is -1.80. The Balaban J connectivity index is 2.83. The van der Waals surface area contributed by atoms with E-state index in [1.54, 1.807) is 0 Å². The van der Waals surface area contributed by atoms with Gasteiger partial charge in [-0.15, -0.1) is 0 Å². The van der Waals surface area contributed by atoms with Crippen LogP contribution in [0.15, 0.2) is 5.11 Å². The molecule has 0 aromatic heterocycles. The highest BCUT2D eigenvalue weighted by Crippen LogP contribution is 1.83. The van der Waals surface area contributed by atoms with E-state index in [0.717, 1.165) is 12.7 Å². The Morgan fingerprint density at radius 2 is 2.43 bits per heavy atom. The number of hydrogen-bond donors (Lipinski definition) is 0. The highest BCUT2D eigenvalue weighted by molar-refractivity contribution is 6.08. The summed E-state index contributed by atoms with van der Waals surface area (Å²) in [4.78, 5) is 2.60. The van der Waals surface area contributed by atoms with E-state index in [0.29, 0.717) is 6.54 Å². The van der Waals surface area contributed by atoms with Crippen LogP contribution in [0, 0.1) is 0 Å². The van der Waals surface area contributed by atoms with Crippen LogP contribution in [0.1, 0.15) is 6.42 Å². The van der Waals surface area contributed by atoms with Gasteiger partial charge in [-0.05, 0) is 5.53 Å². The lowest BCUT2D eigenvalue weighted by Crippen LogP contribution is -1.74. The smallest absolute Gasteiger partial charge is 0.0940 e. The molecule has 0 N–H and O–H groups in total. The number of hydrogen-bond acceptors (Lipinski definition) is 1. The first-order chi connectivity index (χ1) is 3.41. The predicted octanol–water partition coefficient (Wildman–Crippen LogP) is 0.738. The van der Waals surface area contributed by atoms with E-state index in [9.17, 15) is 0 Å². The van der Waals surface area contributed by atoms with E-state index in [4.69, 9.17) is 5.53 Å². The van der Waals surface area contributed by atoms with Crippen LogP contribution in [0.5, 0.6) is 0 Å². The minimum atomic E-state index is 0.646. The van der Waals surface area contributed by atoms with Crippen LogP contribution in [-0.4, -0.2) is 14.4 Å². The first-order valence-corrected chi connectivity index (χ1v) is 2.42. The monoisotopic (exact) mass is 97.1 g/mol. The molecule has 0 bridgehead atoms. The molecular formula is C3H8BN3. The molecular weight excluding hydrogens is 88.9 g/mol. The minimum Gasteiger partial charge on any atom is -0.0940 e. The Morgan fingerprint density at radius 1 is 1.71 bits per heavy atom. The van der Waals surface area contributed by atoms with Crippen molar-refractivity contribution in [2.45, 2.75) is 12.7 Å². The molecule has 0 rings (SSSR count). The van der Waals surface area contributed by atoms with Crippen LogP contribution in [0.4, 0.5) is 0 Å². The normalized spacial score (nSPS) is 7.43. The van der Waals surface area contributed by atoms with Gasteiger partial charge >= 0.3 is 0 Å².